The Morgan fingerprint density at radius 1 is 0.655 bits per heavy atom. The SMILES string of the molecule is CCB1c2ccccc2C2(c3ccccc3-c3ccccc32)c2cccc(N)c21. The summed E-state index contributed by atoms with van der Waals surface area (Å²) < 4.78 is 0. The molecule has 0 amide bonds. The number of fused-ring (bicyclic) bond motifs is 9. The lowest BCUT2D eigenvalue weighted by Gasteiger charge is -2.43. The lowest BCUT2D eigenvalue weighted by atomic mass is 9.32. The number of hydrogen-bond acceptors (Lipinski definition) is 1. The third-order valence-corrected chi connectivity index (χ3v) is 6.99. The van der Waals surface area contributed by atoms with Gasteiger partial charge in [-0.25, -0.2) is 0 Å². The molecule has 1 nitrogen and oxygen atoms in total. The molecule has 1 aliphatic carbocycles. The molecule has 1 spiro atoms. The van der Waals surface area contributed by atoms with Gasteiger partial charge in [0, 0.05) is 5.69 Å². The molecular weight excluding hydrogens is 349 g/mol. The Labute approximate surface area is 172 Å². The molecule has 0 saturated carbocycles. The van der Waals surface area contributed by atoms with E-state index < -0.39 is 0 Å². The van der Waals surface area contributed by atoms with Gasteiger partial charge in [-0.05, 0) is 44.9 Å². The molecule has 0 aromatic heterocycles. The molecule has 138 valence electrons. The molecule has 1 aliphatic heterocycles. The van der Waals surface area contributed by atoms with E-state index in [1.807, 2.05) is 0 Å². The molecule has 1 heterocycles. The van der Waals surface area contributed by atoms with Crippen molar-refractivity contribution in [1.29, 1.82) is 0 Å². The van der Waals surface area contributed by atoms with Crippen LogP contribution in [0.3, 0.4) is 0 Å². The van der Waals surface area contributed by atoms with Gasteiger partial charge in [0.25, 0.3) is 0 Å². The van der Waals surface area contributed by atoms with E-state index in [-0.39, 0.29) is 5.41 Å². The second kappa shape index (κ2) is 5.87. The molecule has 2 aliphatic rings. The molecule has 0 bridgehead atoms. The van der Waals surface area contributed by atoms with Gasteiger partial charge in [0.2, 0.25) is 6.71 Å². The fraction of sp³-hybridized carbons (Fsp3) is 0.111. The first-order valence-corrected chi connectivity index (χ1v) is 10.5. The van der Waals surface area contributed by atoms with E-state index in [4.69, 9.17) is 5.73 Å². The van der Waals surface area contributed by atoms with Crippen LogP contribution in [0.2, 0.25) is 6.32 Å². The molecule has 2 heteroatoms. The van der Waals surface area contributed by atoms with E-state index in [9.17, 15) is 0 Å². The van der Waals surface area contributed by atoms with Crippen molar-refractivity contribution in [3.05, 3.63) is 113 Å². The predicted octanol–water partition coefficient (Wildman–Crippen LogP) is 4.57. The number of nitrogen functional groups attached to an aromatic ring is 1. The molecule has 4 aromatic rings. The number of rotatable bonds is 1. The summed E-state index contributed by atoms with van der Waals surface area (Å²) in [6, 6.07) is 33.3. The second-order valence-electron chi connectivity index (χ2n) is 8.20. The van der Waals surface area contributed by atoms with Crippen LogP contribution in [0.15, 0.2) is 91.0 Å². The Balaban J connectivity index is 1.87. The molecule has 0 atom stereocenters. The van der Waals surface area contributed by atoms with Gasteiger partial charge in [-0.2, -0.15) is 0 Å². The van der Waals surface area contributed by atoms with Crippen LogP contribution in [0.4, 0.5) is 5.69 Å². The molecule has 0 saturated heterocycles. The highest BCUT2D eigenvalue weighted by atomic mass is 14.6. The minimum absolute atomic E-state index is 0.305. The minimum atomic E-state index is -0.305. The Morgan fingerprint density at radius 2 is 1.21 bits per heavy atom. The van der Waals surface area contributed by atoms with Crippen LogP contribution in [-0.4, -0.2) is 6.71 Å². The summed E-state index contributed by atoms with van der Waals surface area (Å²) in [4.78, 5) is 0. The average Bonchev–Trinajstić information content (AvgIpc) is 3.07. The van der Waals surface area contributed by atoms with Crippen molar-refractivity contribution in [3.8, 4) is 11.1 Å². The molecule has 6 rings (SSSR count). The number of anilines is 1. The predicted molar refractivity (Wildman–Crippen MR) is 124 cm³/mol. The van der Waals surface area contributed by atoms with Crippen LogP contribution < -0.4 is 16.7 Å². The second-order valence-corrected chi connectivity index (χ2v) is 8.20. The quantitative estimate of drug-likeness (QED) is 0.339. The highest BCUT2D eigenvalue weighted by molar-refractivity contribution is 6.87. The highest BCUT2D eigenvalue weighted by Gasteiger charge is 2.51. The number of nitrogens with two attached hydrogens (primary N) is 1. The Hall–Kier alpha value is -3.26. The minimum Gasteiger partial charge on any atom is -0.399 e. The van der Waals surface area contributed by atoms with Crippen molar-refractivity contribution >= 4 is 23.3 Å². The molecule has 4 aromatic carbocycles. The van der Waals surface area contributed by atoms with Crippen molar-refractivity contribution in [2.75, 3.05) is 5.73 Å². The van der Waals surface area contributed by atoms with Crippen LogP contribution in [-0.2, 0) is 5.41 Å². The van der Waals surface area contributed by atoms with Crippen molar-refractivity contribution in [2.24, 2.45) is 0 Å². The maximum atomic E-state index is 6.66. The fourth-order valence-corrected chi connectivity index (χ4v) is 5.98. The van der Waals surface area contributed by atoms with Crippen molar-refractivity contribution in [2.45, 2.75) is 18.7 Å². The van der Waals surface area contributed by atoms with Crippen LogP contribution in [0.1, 0.15) is 29.2 Å². The summed E-state index contributed by atoms with van der Waals surface area (Å²) in [5.41, 5.74) is 18.1. The zero-order valence-electron chi connectivity index (χ0n) is 16.5. The monoisotopic (exact) mass is 371 g/mol. The van der Waals surface area contributed by atoms with Crippen molar-refractivity contribution in [3.63, 3.8) is 0 Å². The number of hydrogen-bond donors (Lipinski definition) is 1. The van der Waals surface area contributed by atoms with Crippen LogP contribution in [0.5, 0.6) is 0 Å². The van der Waals surface area contributed by atoms with Crippen LogP contribution >= 0.6 is 0 Å². The molecule has 2 N–H and O–H groups in total. The van der Waals surface area contributed by atoms with Gasteiger partial charge in [-0.15, -0.1) is 0 Å². The normalized spacial score (nSPS) is 14.9. The zero-order valence-corrected chi connectivity index (χ0v) is 16.5. The van der Waals surface area contributed by atoms with Gasteiger partial charge in [-0.1, -0.05) is 104 Å². The molecule has 29 heavy (non-hydrogen) atoms. The lowest BCUT2D eigenvalue weighted by Crippen LogP contribution is -2.56. The summed E-state index contributed by atoms with van der Waals surface area (Å²) in [5, 5.41) is 0. The summed E-state index contributed by atoms with van der Waals surface area (Å²) >= 11 is 0. The highest BCUT2D eigenvalue weighted by Crippen LogP contribution is 2.56. The van der Waals surface area contributed by atoms with Crippen molar-refractivity contribution < 1.29 is 0 Å². The van der Waals surface area contributed by atoms with E-state index in [1.54, 1.807) is 0 Å². The van der Waals surface area contributed by atoms with Gasteiger partial charge in [-0.3, -0.25) is 0 Å². The maximum Gasteiger partial charge on any atom is 0.212 e. The topological polar surface area (TPSA) is 26.0 Å². The summed E-state index contributed by atoms with van der Waals surface area (Å²) in [7, 11) is 0. The van der Waals surface area contributed by atoms with Gasteiger partial charge < -0.3 is 5.73 Å². The molecule has 0 unspecified atom stereocenters. The Kier molecular flexibility index (Phi) is 3.38. The average molecular weight is 371 g/mol. The fourth-order valence-electron chi connectivity index (χ4n) is 5.98. The van der Waals surface area contributed by atoms with E-state index >= 15 is 0 Å². The van der Waals surface area contributed by atoms with E-state index in [1.165, 1.54) is 44.3 Å². The largest absolute Gasteiger partial charge is 0.399 e. The van der Waals surface area contributed by atoms with Gasteiger partial charge >= 0.3 is 0 Å². The molecular formula is C27H22BN. The maximum absolute atomic E-state index is 6.66. The zero-order chi connectivity index (χ0) is 19.6. The van der Waals surface area contributed by atoms with Gasteiger partial charge in [0.05, 0.1) is 5.41 Å². The summed E-state index contributed by atoms with van der Waals surface area (Å²) in [6.07, 6.45) is 1.04. The Bertz CT molecular complexity index is 1230. The summed E-state index contributed by atoms with van der Waals surface area (Å²) in [6.45, 7) is 2.60. The Morgan fingerprint density at radius 3 is 1.86 bits per heavy atom. The smallest absolute Gasteiger partial charge is 0.212 e. The van der Waals surface area contributed by atoms with Crippen molar-refractivity contribution in [1.82, 2.24) is 0 Å². The third kappa shape index (κ3) is 1.92. The standard InChI is InChI=1S/C27H22BN/c1-2-28-24-16-8-7-14-22(24)27(23-15-9-17-25(29)26(23)28)20-12-5-3-10-18(20)19-11-4-6-13-21(19)27/h3-17H,2,29H2,1H3. The van der Waals surface area contributed by atoms with Gasteiger partial charge in [0.15, 0.2) is 0 Å². The van der Waals surface area contributed by atoms with E-state index in [2.05, 4.69) is 97.9 Å². The van der Waals surface area contributed by atoms with Crippen LogP contribution in [0, 0.1) is 0 Å². The van der Waals surface area contributed by atoms with E-state index in [0.717, 1.165) is 12.0 Å². The summed E-state index contributed by atoms with van der Waals surface area (Å²) in [5.74, 6) is 0. The molecule has 0 radical (unpaired) electrons. The van der Waals surface area contributed by atoms with E-state index in [0.29, 0.717) is 6.71 Å². The van der Waals surface area contributed by atoms with Crippen LogP contribution in [0.25, 0.3) is 11.1 Å². The first kappa shape index (κ1) is 16.7. The number of benzene rings is 4. The molecule has 0 fully saturated rings. The first-order valence-electron chi connectivity index (χ1n) is 10.5. The van der Waals surface area contributed by atoms with Gasteiger partial charge in [0.1, 0.15) is 0 Å². The first-order chi connectivity index (χ1) is 14.3. The third-order valence-electron chi connectivity index (χ3n) is 6.99. The lowest BCUT2D eigenvalue weighted by molar-refractivity contribution is 0.774.